The number of ether oxygens (including phenoxy) is 2. The fourth-order valence-electron chi connectivity index (χ4n) is 3.27. The van der Waals surface area contributed by atoms with Crippen LogP contribution in [0.5, 0.6) is 11.5 Å². The fraction of sp³-hybridized carbons (Fsp3) is 0.368. The van der Waals surface area contributed by atoms with Gasteiger partial charge in [-0.05, 0) is 30.0 Å². The van der Waals surface area contributed by atoms with Crippen LogP contribution in [0.4, 0.5) is 0 Å². The van der Waals surface area contributed by atoms with E-state index >= 15 is 0 Å². The second kappa shape index (κ2) is 7.02. The first kappa shape index (κ1) is 15.8. The molecule has 0 amide bonds. The Kier molecular flexibility index (Phi) is 4.84. The topological polar surface area (TPSA) is 50.7 Å². The molecule has 2 N–H and O–H groups in total. The molecular weight excluding hydrogens is 290 g/mol. The molecule has 0 saturated heterocycles. The van der Waals surface area contributed by atoms with E-state index in [9.17, 15) is 5.11 Å². The number of hydrogen-bond donors (Lipinski definition) is 2. The third kappa shape index (κ3) is 3.19. The van der Waals surface area contributed by atoms with E-state index in [-0.39, 0.29) is 6.04 Å². The van der Waals surface area contributed by atoms with Gasteiger partial charge in [0.25, 0.3) is 0 Å². The van der Waals surface area contributed by atoms with E-state index in [4.69, 9.17) is 9.47 Å². The summed E-state index contributed by atoms with van der Waals surface area (Å²) in [6, 6.07) is 14.1. The van der Waals surface area contributed by atoms with Crippen molar-refractivity contribution >= 4 is 0 Å². The number of rotatable bonds is 5. The van der Waals surface area contributed by atoms with Crippen molar-refractivity contribution in [3.8, 4) is 11.5 Å². The van der Waals surface area contributed by atoms with E-state index in [1.807, 2.05) is 30.3 Å². The molecule has 0 spiro atoms. The van der Waals surface area contributed by atoms with Crippen LogP contribution in [0.3, 0.4) is 0 Å². The first-order valence-electron chi connectivity index (χ1n) is 7.93. The molecule has 4 heteroatoms. The number of fused-ring (bicyclic) bond motifs is 1. The zero-order chi connectivity index (χ0) is 16.2. The summed E-state index contributed by atoms with van der Waals surface area (Å²) >= 11 is 0. The number of benzene rings is 2. The summed E-state index contributed by atoms with van der Waals surface area (Å²) in [7, 11) is 3.28. The van der Waals surface area contributed by atoms with Gasteiger partial charge in [-0.3, -0.25) is 0 Å². The molecular formula is C19H23NO3. The lowest BCUT2D eigenvalue weighted by atomic mass is 9.85. The average molecular weight is 313 g/mol. The van der Waals surface area contributed by atoms with Gasteiger partial charge in [0.1, 0.15) is 0 Å². The number of aliphatic hydroxyl groups excluding tert-OH is 1. The third-order valence-electron chi connectivity index (χ3n) is 4.50. The molecule has 0 heterocycles. The molecule has 0 aromatic heterocycles. The summed E-state index contributed by atoms with van der Waals surface area (Å²) in [6.07, 6.45) is 1.19. The molecule has 2 aromatic carbocycles. The predicted octanol–water partition coefficient (Wildman–Crippen LogP) is 2.84. The third-order valence-corrected chi connectivity index (χ3v) is 4.50. The molecule has 23 heavy (non-hydrogen) atoms. The van der Waals surface area contributed by atoms with Gasteiger partial charge < -0.3 is 19.9 Å². The molecule has 3 rings (SSSR count). The largest absolute Gasteiger partial charge is 0.493 e. The van der Waals surface area contributed by atoms with Gasteiger partial charge >= 0.3 is 0 Å². The molecule has 122 valence electrons. The zero-order valence-corrected chi connectivity index (χ0v) is 13.6. The van der Waals surface area contributed by atoms with Gasteiger partial charge in [0, 0.05) is 18.2 Å². The summed E-state index contributed by atoms with van der Waals surface area (Å²) in [5.74, 6) is 1.46. The summed E-state index contributed by atoms with van der Waals surface area (Å²) < 4.78 is 10.8. The number of methoxy groups -OCH3 is 2. The van der Waals surface area contributed by atoms with Gasteiger partial charge in [-0.2, -0.15) is 0 Å². The van der Waals surface area contributed by atoms with Crippen molar-refractivity contribution in [2.75, 3.05) is 14.2 Å². The fourth-order valence-corrected chi connectivity index (χ4v) is 3.27. The molecule has 0 aliphatic heterocycles. The summed E-state index contributed by atoms with van der Waals surface area (Å²) in [5, 5.41) is 14.2. The molecule has 0 radical (unpaired) electrons. The highest BCUT2D eigenvalue weighted by Crippen LogP contribution is 2.40. The van der Waals surface area contributed by atoms with E-state index < -0.39 is 6.10 Å². The number of nitrogens with one attached hydrogen (secondary N) is 1. The summed E-state index contributed by atoms with van der Waals surface area (Å²) in [6.45, 7) is 0.755. The van der Waals surface area contributed by atoms with E-state index in [0.29, 0.717) is 5.75 Å². The minimum atomic E-state index is -0.540. The van der Waals surface area contributed by atoms with Gasteiger partial charge in [0.15, 0.2) is 11.5 Å². The van der Waals surface area contributed by atoms with Crippen LogP contribution in [-0.4, -0.2) is 25.4 Å². The van der Waals surface area contributed by atoms with Gasteiger partial charge in [0.2, 0.25) is 0 Å². The summed E-state index contributed by atoms with van der Waals surface area (Å²) in [5.41, 5.74) is 3.20. The normalized spacial score (nSPS) is 20.0. The Balaban J connectivity index is 1.77. The zero-order valence-electron chi connectivity index (χ0n) is 13.6. The van der Waals surface area contributed by atoms with Crippen LogP contribution in [-0.2, 0) is 13.0 Å². The van der Waals surface area contributed by atoms with E-state index in [1.54, 1.807) is 14.2 Å². The Bertz CT molecular complexity index is 657. The highest BCUT2D eigenvalue weighted by Gasteiger charge is 2.30. The average Bonchev–Trinajstić information content (AvgIpc) is 2.61. The number of aliphatic hydroxyl groups is 1. The lowest BCUT2D eigenvalue weighted by molar-refractivity contribution is 0.113. The minimum absolute atomic E-state index is 0.0424. The van der Waals surface area contributed by atoms with Gasteiger partial charge in [-0.25, -0.2) is 0 Å². The molecule has 2 aromatic rings. The van der Waals surface area contributed by atoms with Crippen LogP contribution in [0, 0.1) is 0 Å². The van der Waals surface area contributed by atoms with Crippen molar-refractivity contribution < 1.29 is 14.6 Å². The van der Waals surface area contributed by atoms with Crippen LogP contribution < -0.4 is 14.8 Å². The van der Waals surface area contributed by atoms with Crippen LogP contribution in [0.15, 0.2) is 42.5 Å². The summed E-state index contributed by atoms with van der Waals surface area (Å²) in [4.78, 5) is 0. The van der Waals surface area contributed by atoms with E-state index in [2.05, 4.69) is 17.4 Å². The van der Waals surface area contributed by atoms with Crippen LogP contribution in [0.25, 0.3) is 0 Å². The second-order valence-electron chi connectivity index (χ2n) is 5.83. The van der Waals surface area contributed by atoms with Crippen molar-refractivity contribution in [2.24, 2.45) is 0 Å². The minimum Gasteiger partial charge on any atom is -0.493 e. The van der Waals surface area contributed by atoms with Crippen molar-refractivity contribution in [3.63, 3.8) is 0 Å². The Morgan fingerprint density at radius 2 is 1.87 bits per heavy atom. The van der Waals surface area contributed by atoms with E-state index in [0.717, 1.165) is 36.3 Å². The molecule has 0 fully saturated rings. The van der Waals surface area contributed by atoms with Crippen molar-refractivity contribution in [3.05, 3.63) is 59.2 Å². The SMILES string of the molecule is COc1ccc2c(c1OC)CCC(NCc1ccccc1)C2O. The Labute approximate surface area is 137 Å². The molecule has 4 nitrogen and oxygen atoms in total. The predicted molar refractivity (Wildman–Crippen MR) is 89.9 cm³/mol. The van der Waals surface area contributed by atoms with Crippen molar-refractivity contribution in [2.45, 2.75) is 31.5 Å². The van der Waals surface area contributed by atoms with Crippen LogP contribution in [0.1, 0.15) is 29.2 Å². The molecule has 0 bridgehead atoms. The molecule has 2 unspecified atom stereocenters. The maximum Gasteiger partial charge on any atom is 0.164 e. The van der Waals surface area contributed by atoms with Gasteiger partial charge in [0.05, 0.1) is 20.3 Å². The molecule has 2 atom stereocenters. The second-order valence-corrected chi connectivity index (χ2v) is 5.83. The lowest BCUT2D eigenvalue weighted by Crippen LogP contribution is -2.38. The quantitative estimate of drug-likeness (QED) is 0.891. The first-order chi connectivity index (χ1) is 11.2. The Morgan fingerprint density at radius 3 is 2.57 bits per heavy atom. The standard InChI is InChI=1S/C19H23NO3/c1-22-17-11-9-14-15(19(17)23-2)8-10-16(18(14)21)20-12-13-6-4-3-5-7-13/h3-7,9,11,16,18,20-21H,8,10,12H2,1-2H3. The monoisotopic (exact) mass is 313 g/mol. The smallest absolute Gasteiger partial charge is 0.164 e. The Hall–Kier alpha value is -2.04. The Morgan fingerprint density at radius 1 is 1.09 bits per heavy atom. The number of hydrogen-bond acceptors (Lipinski definition) is 4. The first-order valence-corrected chi connectivity index (χ1v) is 7.93. The van der Waals surface area contributed by atoms with Crippen LogP contribution >= 0.6 is 0 Å². The highest BCUT2D eigenvalue weighted by molar-refractivity contribution is 5.52. The van der Waals surface area contributed by atoms with Crippen molar-refractivity contribution in [1.82, 2.24) is 5.32 Å². The molecule has 1 aliphatic rings. The van der Waals surface area contributed by atoms with E-state index in [1.165, 1.54) is 5.56 Å². The van der Waals surface area contributed by atoms with Gasteiger partial charge in [-0.1, -0.05) is 36.4 Å². The van der Waals surface area contributed by atoms with Crippen molar-refractivity contribution in [1.29, 1.82) is 0 Å². The maximum atomic E-state index is 10.7. The molecule has 1 aliphatic carbocycles. The lowest BCUT2D eigenvalue weighted by Gasteiger charge is -2.32. The maximum absolute atomic E-state index is 10.7. The van der Waals surface area contributed by atoms with Crippen LogP contribution in [0.2, 0.25) is 0 Å². The molecule has 0 saturated carbocycles. The van der Waals surface area contributed by atoms with Gasteiger partial charge in [-0.15, -0.1) is 0 Å². The highest BCUT2D eigenvalue weighted by atomic mass is 16.5.